The molecule has 0 radical (unpaired) electrons. The number of carbonyl (C=O) groups is 1. The quantitative estimate of drug-likeness (QED) is 0.613. The molecule has 23 heavy (non-hydrogen) atoms. The van der Waals surface area contributed by atoms with E-state index < -0.39 is 35.7 Å². The number of aliphatic hydroxyl groups is 1. The molecule has 1 heterocycles. The summed E-state index contributed by atoms with van der Waals surface area (Å²) < 4.78 is 50.9. The second-order valence-corrected chi connectivity index (χ2v) is 4.99. The maximum Gasteiger partial charge on any atom is 0.416 e. The summed E-state index contributed by atoms with van der Waals surface area (Å²) in [5.74, 6) is -1.11. The van der Waals surface area contributed by atoms with Crippen molar-refractivity contribution in [2.45, 2.75) is 24.7 Å². The molecule has 4 N–H and O–H groups in total. The van der Waals surface area contributed by atoms with Gasteiger partial charge in [-0.05, 0) is 31.2 Å². The molecule has 2 amide bonds. The largest absolute Gasteiger partial charge is 0.416 e. The van der Waals surface area contributed by atoms with Crippen molar-refractivity contribution in [1.29, 1.82) is 0 Å². The molecule has 1 aromatic carbocycles. The maximum atomic E-state index is 13.2. The standard InChI is InChI=1S/C13H15F4N3O2.ClH/c14-8-3-7(13(15,16)17)4-9(5-8)19-12(22)20-10-6-18-2-1-11(10)21;/h3-5,10-11,18,21H,1-2,6H2,(H2,19,20,22);1H/t10-,11-;/m1./s1. The van der Waals surface area contributed by atoms with Crippen LogP contribution in [0.4, 0.5) is 28.0 Å². The fourth-order valence-electron chi connectivity index (χ4n) is 2.15. The van der Waals surface area contributed by atoms with Gasteiger partial charge in [-0.1, -0.05) is 0 Å². The van der Waals surface area contributed by atoms with Crippen LogP contribution < -0.4 is 16.0 Å². The Kier molecular flexibility index (Phi) is 6.60. The predicted molar refractivity (Wildman–Crippen MR) is 78.1 cm³/mol. The van der Waals surface area contributed by atoms with Crippen LogP contribution in [0.15, 0.2) is 18.2 Å². The monoisotopic (exact) mass is 357 g/mol. The van der Waals surface area contributed by atoms with E-state index in [9.17, 15) is 27.5 Å². The molecule has 1 saturated heterocycles. The first-order chi connectivity index (χ1) is 10.3. The van der Waals surface area contributed by atoms with Crippen LogP contribution in [0.25, 0.3) is 0 Å². The van der Waals surface area contributed by atoms with E-state index in [0.717, 1.165) is 6.07 Å². The van der Waals surface area contributed by atoms with E-state index in [1.807, 2.05) is 0 Å². The lowest BCUT2D eigenvalue weighted by atomic mass is 10.0. The normalized spacial score (nSPS) is 21.3. The first-order valence-electron chi connectivity index (χ1n) is 6.60. The second kappa shape index (κ2) is 7.80. The highest BCUT2D eigenvalue weighted by Gasteiger charge is 2.31. The van der Waals surface area contributed by atoms with Gasteiger partial charge in [0.1, 0.15) is 5.82 Å². The van der Waals surface area contributed by atoms with Crippen molar-refractivity contribution in [2.24, 2.45) is 0 Å². The highest BCUT2D eigenvalue weighted by atomic mass is 35.5. The van der Waals surface area contributed by atoms with Crippen LogP contribution in [0.5, 0.6) is 0 Å². The Morgan fingerprint density at radius 3 is 2.61 bits per heavy atom. The zero-order valence-corrected chi connectivity index (χ0v) is 12.6. The molecule has 0 unspecified atom stereocenters. The van der Waals surface area contributed by atoms with Crippen LogP contribution in [-0.4, -0.2) is 36.4 Å². The molecule has 0 saturated carbocycles. The summed E-state index contributed by atoms with van der Waals surface area (Å²) in [5, 5.41) is 17.2. The van der Waals surface area contributed by atoms with Gasteiger partial charge >= 0.3 is 12.2 Å². The Morgan fingerprint density at radius 2 is 2.00 bits per heavy atom. The highest BCUT2D eigenvalue weighted by Crippen LogP contribution is 2.31. The molecule has 1 aliphatic rings. The van der Waals surface area contributed by atoms with Crippen molar-refractivity contribution in [2.75, 3.05) is 18.4 Å². The number of urea groups is 1. The van der Waals surface area contributed by atoms with Crippen molar-refractivity contribution in [3.8, 4) is 0 Å². The number of halogens is 5. The highest BCUT2D eigenvalue weighted by molar-refractivity contribution is 5.89. The van der Waals surface area contributed by atoms with Crippen LogP contribution in [0.1, 0.15) is 12.0 Å². The number of hydrogen-bond acceptors (Lipinski definition) is 3. The van der Waals surface area contributed by atoms with Crippen LogP contribution in [0.2, 0.25) is 0 Å². The number of anilines is 1. The Labute approximate surface area is 135 Å². The van der Waals surface area contributed by atoms with E-state index >= 15 is 0 Å². The Hall–Kier alpha value is -1.58. The third-order valence-electron chi connectivity index (χ3n) is 3.25. The van der Waals surface area contributed by atoms with Crippen LogP contribution in [-0.2, 0) is 6.18 Å². The number of hydrogen-bond donors (Lipinski definition) is 4. The van der Waals surface area contributed by atoms with Gasteiger partial charge in [0.2, 0.25) is 0 Å². The molecule has 0 spiro atoms. The number of amides is 2. The van der Waals surface area contributed by atoms with Crippen LogP contribution in [0.3, 0.4) is 0 Å². The second-order valence-electron chi connectivity index (χ2n) is 4.99. The van der Waals surface area contributed by atoms with Gasteiger partial charge in [-0.25, -0.2) is 9.18 Å². The molecule has 1 fully saturated rings. The van der Waals surface area contributed by atoms with Gasteiger partial charge in [-0.2, -0.15) is 13.2 Å². The fraction of sp³-hybridized carbons (Fsp3) is 0.462. The van der Waals surface area contributed by atoms with Gasteiger partial charge in [-0.3, -0.25) is 0 Å². The maximum absolute atomic E-state index is 13.2. The van der Waals surface area contributed by atoms with Crippen LogP contribution in [0, 0.1) is 5.82 Å². The molecule has 0 aromatic heterocycles. The summed E-state index contributed by atoms with van der Waals surface area (Å²) >= 11 is 0. The van der Waals surface area contributed by atoms with Crippen molar-refractivity contribution >= 4 is 24.1 Å². The van der Waals surface area contributed by atoms with Crippen molar-refractivity contribution in [3.05, 3.63) is 29.6 Å². The van der Waals surface area contributed by atoms with Crippen molar-refractivity contribution in [1.82, 2.24) is 10.6 Å². The minimum atomic E-state index is -4.71. The van der Waals surface area contributed by atoms with E-state index in [-0.39, 0.29) is 18.1 Å². The van der Waals surface area contributed by atoms with Gasteiger partial charge < -0.3 is 21.1 Å². The smallest absolute Gasteiger partial charge is 0.391 e. The van der Waals surface area contributed by atoms with Gasteiger partial charge in [0, 0.05) is 12.2 Å². The number of rotatable bonds is 2. The number of alkyl halides is 3. The summed E-state index contributed by atoms with van der Waals surface area (Å²) in [5.41, 5.74) is -1.51. The van der Waals surface area contributed by atoms with Gasteiger partial charge in [0.05, 0.1) is 17.7 Å². The predicted octanol–water partition coefficient (Wildman–Crippen LogP) is 2.11. The molecule has 0 aliphatic carbocycles. The molecule has 0 bridgehead atoms. The summed E-state index contributed by atoms with van der Waals surface area (Å²) in [4.78, 5) is 11.7. The first kappa shape index (κ1) is 19.5. The lowest BCUT2D eigenvalue weighted by Crippen LogP contribution is -2.54. The molecule has 5 nitrogen and oxygen atoms in total. The molecular weight excluding hydrogens is 342 g/mol. The average Bonchev–Trinajstić information content (AvgIpc) is 2.39. The average molecular weight is 358 g/mol. The zero-order chi connectivity index (χ0) is 16.3. The Balaban J connectivity index is 0.00000264. The molecule has 1 aliphatic heterocycles. The third-order valence-corrected chi connectivity index (χ3v) is 3.25. The van der Waals surface area contributed by atoms with E-state index in [2.05, 4.69) is 16.0 Å². The van der Waals surface area contributed by atoms with Crippen molar-refractivity contribution < 1.29 is 27.5 Å². The van der Waals surface area contributed by atoms with Gasteiger partial charge in [0.15, 0.2) is 0 Å². The summed E-state index contributed by atoms with van der Waals surface area (Å²) in [6.45, 7) is 0.950. The number of benzene rings is 1. The number of piperidine rings is 1. The molecule has 2 rings (SSSR count). The molecule has 1 aromatic rings. The SMILES string of the molecule is Cl.O=C(Nc1cc(F)cc(C(F)(F)F)c1)N[C@@H]1CNCC[C@H]1O. The van der Waals surface area contributed by atoms with Gasteiger partial charge in [0.25, 0.3) is 0 Å². The molecule has 130 valence electrons. The van der Waals surface area contributed by atoms with Gasteiger partial charge in [-0.15, -0.1) is 12.4 Å². The van der Waals surface area contributed by atoms with E-state index in [1.165, 1.54) is 0 Å². The molecular formula is C13H16ClF4N3O2. The minimum Gasteiger partial charge on any atom is -0.391 e. The molecule has 2 atom stereocenters. The number of nitrogens with one attached hydrogen (secondary N) is 3. The van der Waals surface area contributed by atoms with Crippen LogP contribution >= 0.6 is 12.4 Å². The van der Waals surface area contributed by atoms with E-state index in [0.29, 0.717) is 31.6 Å². The molecule has 10 heteroatoms. The number of carbonyl (C=O) groups excluding carboxylic acids is 1. The Bertz CT molecular complexity index is 557. The summed E-state index contributed by atoms with van der Waals surface area (Å²) in [7, 11) is 0. The lowest BCUT2D eigenvalue weighted by Gasteiger charge is -2.29. The fourth-order valence-corrected chi connectivity index (χ4v) is 2.15. The lowest BCUT2D eigenvalue weighted by molar-refractivity contribution is -0.137. The van der Waals surface area contributed by atoms with E-state index in [1.54, 1.807) is 0 Å². The van der Waals surface area contributed by atoms with Crippen molar-refractivity contribution in [3.63, 3.8) is 0 Å². The first-order valence-corrected chi connectivity index (χ1v) is 6.60. The summed E-state index contributed by atoms with van der Waals surface area (Å²) in [6.07, 6.45) is -5.01. The summed E-state index contributed by atoms with van der Waals surface area (Å²) in [6, 6.07) is 0.386. The minimum absolute atomic E-state index is 0. The zero-order valence-electron chi connectivity index (χ0n) is 11.8. The Morgan fingerprint density at radius 1 is 1.30 bits per heavy atom. The topological polar surface area (TPSA) is 73.4 Å². The third kappa shape index (κ3) is 5.52. The van der Waals surface area contributed by atoms with E-state index in [4.69, 9.17) is 0 Å². The number of aliphatic hydroxyl groups excluding tert-OH is 1.